The van der Waals surface area contributed by atoms with Gasteiger partial charge in [-0.1, -0.05) is 39.0 Å². The van der Waals surface area contributed by atoms with Crippen molar-refractivity contribution < 1.29 is 70.8 Å². The van der Waals surface area contributed by atoms with Crippen LogP contribution in [0.5, 0.6) is 5.75 Å². The SMILES string of the molecule is CCCCCCCCC(=O)Oc1ccc(C(=O)[O-])cc1.[K+]. The van der Waals surface area contributed by atoms with Gasteiger partial charge in [-0.15, -0.1) is 0 Å². The molecule has 0 bridgehead atoms. The van der Waals surface area contributed by atoms with Crippen LogP contribution in [-0.2, 0) is 4.79 Å². The summed E-state index contributed by atoms with van der Waals surface area (Å²) in [6, 6.07) is 5.65. The molecule has 1 aromatic rings. The van der Waals surface area contributed by atoms with Gasteiger partial charge in [0.25, 0.3) is 0 Å². The van der Waals surface area contributed by atoms with Crippen LogP contribution in [0.3, 0.4) is 0 Å². The Morgan fingerprint density at radius 3 is 2.14 bits per heavy atom. The maximum Gasteiger partial charge on any atom is 1.00 e. The third-order valence-electron chi connectivity index (χ3n) is 3.06. The first-order valence-corrected chi connectivity index (χ1v) is 7.15. The van der Waals surface area contributed by atoms with Crippen LogP contribution in [-0.4, -0.2) is 11.9 Å². The molecule has 110 valence electrons. The zero-order valence-electron chi connectivity index (χ0n) is 12.9. The Kier molecular flexibility index (Phi) is 12.2. The van der Waals surface area contributed by atoms with E-state index in [1.807, 2.05) is 0 Å². The summed E-state index contributed by atoms with van der Waals surface area (Å²) in [6.07, 6.45) is 7.10. The van der Waals surface area contributed by atoms with Gasteiger partial charge in [-0.05, 0) is 36.2 Å². The third kappa shape index (κ3) is 9.42. The van der Waals surface area contributed by atoms with Gasteiger partial charge in [0.2, 0.25) is 0 Å². The molecule has 0 aliphatic heterocycles. The number of carbonyl (C=O) groups is 2. The number of ether oxygens (including phenoxy) is 1. The molecule has 0 saturated heterocycles. The zero-order valence-corrected chi connectivity index (χ0v) is 16.0. The van der Waals surface area contributed by atoms with Crippen LogP contribution < -0.4 is 61.2 Å². The van der Waals surface area contributed by atoms with Crippen molar-refractivity contribution >= 4 is 11.9 Å². The van der Waals surface area contributed by atoms with Crippen molar-refractivity contribution in [1.82, 2.24) is 0 Å². The van der Waals surface area contributed by atoms with Gasteiger partial charge in [0.15, 0.2) is 0 Å². The first-order chi connectivity index (χ1) is 9.63. The van der Waals surface area contributed by atoms with Gasteiger partial charge >= 0.3 is 57.4 Å². The van der Waals surface area contributed by atoms with Gasteiger partial charge in [-0.25, -0.2) is 0 Å². The van der Waals surface area contributed by atoms with Crippen LogP contribution >= 0.6 is 0 Å². The standard InChI is InChI=1S/C16H22O4.K/c1-2-3-4-5-6-7-8-15(17)20-14-11-9-13(10-12-14)16(18)19;/h9-12H,2-8H2,1H3,(H,18,19);/q;+1/p-1. The molecule has 0 aliphatic rings. The van der Waals surface area contributed by atoms with Crippen molar-refractivity contribution in [1.29, 1.82) is 0 Å². The molecular formula is C16H21KO4. The second kappa shape index (κ2) is 12.4. The van der Waals surface area contributed by atoms with E-state index in [1.54, 1.807) is 0 Å². The zero-order chi connectivity index (χ0) is 14.8. The predicted molar refractivity (Wildman–Crippen MR) is 74.4 cm³/mol. The smallest absolute Gasteiger partial charge is 0.545 e. The normalized spacial score (nSPS) is 9.76. The summed E-state index contributed by atoms with van der Waals surface area (Å²) in [7, 11) is 0. The minimum atomic E-state index is -1.24. The molecule has 0 radical (unpaired) electrons. The molecule has 0 atom stereocenters. The van der Waals surface area contributed by atoms with Crippen molar-refractivity contribution in [2.24, 2.45) is 0 Å². The van der Waals surface area contributed by atoms with Crippen molar-refractivity contribution in [2.75, 3.05) is 0 Å². The summed E-state index contributed by atoms with van der Waals surface area (Å²) >= 11 is 0. The average Bonchev–Trinajstić information content (AvgIpc) is 2.43. The van der Waals surface area contributed by atoms with Gasteiger partial charge in [-0.3, -0.25) is 4.79 Å². The van der Waals surface area contributed by atoms with E-state index in [1.165, 1.54) is 43.5 Å². The van der Waals surface area contributed by atoms with Crippen LogP contribution in [0.2, 0.25) is 0 Å². The largest absolute Gasteiger partial charge is 1.00 e. The molecule has 0 fully saturated rings. The van der Waals surface area contributed by atoms with E-state index in [4.69, 9.17) is 4.74 Å². The monoisotopic (exact) mass is 316 g/mol. The molecule has 0 spiro atoms. The van der Waals surface area contributed by atoms with Crippen molar-refractivity contribution in [3.8, 4) is 5.75 Å². The molecule has 1 aromatic carbocycles. The van der Waals surface area contributed by atoms with Gasteiger partial charge in [0, 0.05) is 6.42 Å². The van der Waals surface area contributed by atoms with Gasteiger partial charge in [0.05, 0.1) is 5.97 Å². The maximum absolute atomic E-state index is 11.6. The fourth-order valence-corrected chi connectivity index (χ4v) is 1.89. The van der Waals surface area contributed by atoms with E-state index in [-0.39, 0.29) is 62.9 Å². The van der Waals surface area contributed by atoms with E-state index in [0.29, 0.717) is 12.2 Å². The van der Waals surface area contributed by atoms with Crippen LogP contribution in [0.4, 0.5) is 0 Å². The Morgan fingerprint density at radius 2 is 1.57 bits per heavy atom. The Balaban J connectivity index is 0.00000400. The third-order valence-corrected chi connectivity index (χ3v) is 3.06. The molecule has 21 heavy (non-hydrogen) atoms. The average molecular weight is 316 g/mol. The topological polar surface area (TPSA) is 66.4 Å². The molecule has 5 heteroatoms. The number of carbonyl (C=O) groups excluding carboxylic acids is 2. The minimum absolute atomic E-state index is 0. The maximum atomic E-state index is 11.6. The van der Waals surface area contributed by atoms with Crippen molar-refractivity contribution in [3.63, 3.8) is 0 Å². The second-order valence-electron chi connectivity index (χ2n) is 4.80. The van der Waals surface area contributed by atoms with E-state index < -0.39 is 5.97 Å². The number of benzene rings is 1. The predicted octanol–water partition coefficient (Wildman–Crippen LogP) is -0.290. The quantitative estimate of drug-likeness (QED) is 0.272. The molecular weight excluding hydrogens is 295 g/mol. The number of aromatic carboxylic acids is 1. The van der Waals surface area contributed by atoms with Crippen molar-refractivity contribution in [2.45, 2.75) is 51.9 Å². The molecule has 0 heterocycles. The molecule has 0 aromatic heterocycles. The minimum Gasteiger partial charge on any atom is -0.545 e. The summed E-state index contributed by atoms with van der Waals surface area (Å²) in [5.41, 5.74) is 0.0701. The van der Waals surface area contributed by atoms with E-state index in [9.17, 15) is 14.7 Å². The van der Waals surface area contributed by atoms with Gasteiger partial charge in [-0.2, -0.15) is 0 Å². The molecule has 0 N–H and O–H groups in total. The van der Waals surface area contributed by atoms with Crippen LogP contribution in [0, 0.1) is 0 Å². The number of hydrogen-bond acceptors (Lipinski definition) is 4. The number of hydrogen-bond donors (Lipinski definition) is 0. The van der Waals surface area contributed by atoms with Gasteiger partial charge < -0.3 is 14.6 Å². The second-order valence-corrected chi connectivity index (χ2v) is 4.80. The molecule has 0 saturated carbocycles. The van der Waals surface area contributed by atoms with Crippen LogP contribution in [0.25, 0.3) is 0 Å². The molecule has 0 aliphatic carbocycles. The summed E-state index contributed by atoms with van der Waals surface area (Å²) in [5, 5.41) is 10.6. The fourth-order valence-electron chi connectivity index (χ4n) is 1.89. The van der Waals surface area contributed by atoms with E-state index in [0.717, 1.165) is 19.3 Å². The molecule has 1 rings (SSSR count). The Morgan fingerprint density at radius 1 is 1.00 bits per heavy atom. The molecule has 0 amide bonds. The number of carboxylic acids is 1. The van der Waals surface area contributed by atoms with Crippen LogP contribution in [0.1, 0.15) is 62.2 Å². The Labute approximate surface area is 168 Å². The van der Waals surface area contributed by atoms with E-state index in [2.05, 4.69) is 6.92 Å². The fraction of sp³-hybridized carbons (Fsp3) is 0.500. The van der Waals surface area contributed by atoms with Gasteiger partial charge in [0.1, 0.15) is 5.75 Å². The summed E-state index contributed by atoms with van der Waals surface area (Å²) in [6.45, 7) is 2.17. The van der Waals surface area contributed by atoms with Crippen molar-refractivity contribution in [3.05, 3.63) is 29.8 Å². The Bertz CT molecular complexity index is 428. The number of rotatable bonds is 9. The molecule has 4 nitrogen and oxygen atoms in total. The number of unbranched alkanes of at least 4 members (excludes halogenated alkanes) is 5. The Hall–Kier alpha value is -0.204. The molecule has 0 unspecified atom stereocenters. The summed E-state index contributed by atoms with van der Waals surface area (Å²) in [5.74, 6) is -1.15. The first kappa shape index (κ1) is 20.8. The first-order valence-electron chi connectivity index (χ1n) is 7.15. The van der Waals surface area contributed by atoms with E-state index >= 15 is 0 Å². The summed E-state index contributed by atoms with van der Waals surface area (Å²) < 4.78 is 5.12. The number of esters is 1. The number of carboxylic acid groups (broad SMARTS) is 1. The summed E-state index contributed by atoms with van der Waals surface area (Å²) in [4.78, 5) is 22.1. The van der Waals surface area contributed by atoms with Crippen LogP contribution in [0.15, 0.2) is 24.3 Å².